The van der Waals surface area contributed by atoms with Crippen LogP contribution in [0.5, 0.6) is 0 Å². The van der Waals surface area contributed by atoms with Gasteiger partial charge < -0.3 is 10.1 Å². The van der Waals surface area contributed by atoms with Gasteiger partial charge in [-0.15, -0.1) is 0 Å². The van der Waals surface area contributed by atoms with Gasteiger partial charge in [-0.05, 0) is 38.3 Å². The maximum absolute atomic E-state index is 12.9. The fraction of sp³-hybridized carbons (Fsp3) is 0.368. The second-order valence-electron chi connectivity index (χ2n) is 6.83. The number of aromatic nitrogens is 4. The van der Waals surface area contributed by atoms with E-state index in [4.69, 9.17) is 4.74 Å². The summed E-state index contributed by atoms with van der Waals surface area (Å²) >= 11 is 0. The summed E-state index contributed by atoms with van der Waals surface area (Å²) in [5.74, 6) is 0.359. The van der Waals surface area contributed by atoms with Gasteiger partial charge in [-0.25, -0.2) is 14.3 Å². The van der Waals surface area contributed by atoms with Gasteiger partial charge in [0.1, 0.15) is 5.39 Å². The number of aromatic amines is 1. The van der Waals surface area contributed by atoms with Gasteiger partial charge in [-0.1, -0.05) is 17.7 Å². The Labute approximate surface area is 155 Å². The number of nitrogens with one attached hydrogen (secondary N) is 2. The molecule has 1 atom stereocenters. The molecular weight excluding hydrogens is 346 g/mol. The van der Waals surface area contributed by atoms with Crippen LogP contribution in [0.25, 0.3) is 16.7 Å². The topological polar surface area (TPSA) is 102 Å². The van der Waals surface area contributed by atoms with Crippen LogP contribution in [-0.2, 0) is 4.74 Å². The molecular formula is C19H21N5O3. The van der Waals surface area contributed by atoms with E-state index in [-0.39, 0.29) is 17.1 Å². The average Bonchev–Trinajstić information content (AvgIpc) is 3.15. The SMILES string of the molecule is Cc1ccc(-n2c(=O)[nH]c3nc(NC[C@H]4CCCO4)ncc3c2=O)c(C)c1. The van der Waals surface area contributed by atoms with Crippen molar-refractivity contribution in [2.45, 2.75) is 32.8 Å². The summed E-state index contributed by atoms with van der Waals surface area (Å²) in [5, 5.41) is 3.36. The van der Waals surface area contributed by atoms with E-state index in [1.807, 2.05) is 26.0 Å². The molecule has 0 aliphatic carbocycles. The first kappa shape index (κ1) is 17.4. The lowest BCUT2D eigenvalue weighted by Gasteiger charge is -2.12. The van der Waals surface area contributed by atoms with Gasteiger partial charge in [-0.3, -0.25) is 9.78 Å². The Morgan fingerprint density at radius 3 is 2.93 bits per heavy atom. The number of hydrogen-bond donors (Lipinski definition) is 2. The van der Waals surface area contributed by atoms with Crippen molar-refractivity contribution in [2.75, 3.05) is 18.5 Å². The minimum Gasteiger partial charge on any atom is -0.376 e. The number of hydrogen-bond acceptors (Lipinski definition) is 6. The second kappa shape index (κ2) is 6.96. The van der Waals surface area contributed by atoms with Crippen molar-refractivity contribution in [1.29, 1.82) is 0 Å². The summed E-state index contributed by atoms with van der Waals surface area (Å²) in [4.78, 5) is 36.7. The average molecular weight is 367 g/mol. The molecule has 2 aromatic heterocycles. The van der Waals surface area contributed by atoms with Crippen LogP contribution in [0.3, 0.4) is 0 Å². The summed E-state index contributed by atoms with van der Waals surface area (Å²) in [6, 6.07) is 5.57. The maximum atomic E-state index is 12.9. The first-order valence-corrected chi connectivity index (χ1v) is 8.98. The van der Waals surface area contributed by atoms with Crippen molar-refractivity contribution in [3.8, 4) is 5.69 Å². The van der Waals surface area contributed by atoms with E-state index in [0.717, 1.165) is 35.1 Å². The summed E-state index contributed by atoms with van der Waals surface area (Å²) in [5.41, 5.74) is 1.71. The van der Waals surface area contributed by atoms with Gasteiger partial charge in [0.2, 0.25) is 5.95 Å². The number of nitrogens with zero attached hydrogens (tertiary/aromatic N) is 3. The molecule has 0 amide bonds. The highest BCUT2D eigenvalue weighted by Crippen LogP contribution is 2.15. The zero-order valence-corrected chi connectivity index (χ0v) is 15.3. The smallest absolute Gasteiger partial charge is 0.334 e. The lowest BCUT2D eigenvalue weighted by atomic mass is 10.1. The molecule has 27 heavy (non-hydrogen) atoms. The van der Waals surface area contributed by atoms with Gasteiger partial charge in [0, 0.05) is 19.3 Å². The fourth-order valence-electron chi connectivity index (χ4n) is 3.37. The lowest BCUT2D eigenvalue weighted by Crippen LogP contribution is -2.34. The van der Waals surface area contributed by atoms with E-state index in [1.165, 1.54) is 6.20 Å². The van der Waals surface area contributed by atoms with E-state index in [9.17, 15) is 9.59 Å². The molecule has 0 saturated carbocycles. The molecule has 8 heteroatoms. The maximum Gasteiger partial charge on any atom is 0.334 e. The highest BCUT2D eigenvalue weighted by molar-refractivity contribution is 5.73. The van der Waals surface area contributed by atoms with E-state index < -0.39 is 11.2 Å². The largest absolute Gasteiger partial charge is 0.376 e. The molecule has 1 saturated heterocycles. The Bertz CT molecular complexity index is 1110. The fourth-order valence-corrected chi connectivity index (χ4v) is 3.37. The zero-order chi connectivity index (χ0) is 19.0. The number of aryl methyl sites for hydroxylation is 2. The van der Waals surface area contributed by atoms with Crippen LogP contribution in [0.15, 0.2) is 34.0 Å². The minimum absolute atomic E-state index is 0.140. The van der Waals surface area contributed by atoms with Crippen LogP contribution in [-0.4, -0.2) is 38.8 Å². The zero-order valence-electron chi connectivity index (χ0n) is 15.3. The van der Waals surface area contributed by atoms with Gasteiger partial charge in [0.05, 0.1) is 11.8 Å². The molecule has 0 bridgehead atoms. The molecule has 4 rings (SSSR count). The molecule has 1 fully saturated rings. The van der Waals surface area contributed by atoms with Crippen molar-refractivity contribution in [3.05, 3.63) is 56.4 Å². The van der Waals surface area contributed by atoms with E-state index >= 15 is 0 Å². The highest BCUT2D eigenvalue weighted by atomic mass is 16.5. The molecule has 8 nitrogen and oxygen atoms in total. The summed E-state index contributed by atoms with van der Waals surface area (Å²) < 4.78 is 6.68. The quantitative estimate of drug-likeness (QED) is 0.727. The van der Waals surface area contributed by atoms with Crippen LogP contribution in [0, 0.1) is 13.8 Å². The first-order valence-electron chi connectivity index (χ1n) is 8.98. The molecule has 2 N–H and O–H groups in total. The van der Waals surface area contributed by atoms with Gasteiger partial charge in [0.25, 0.3) is 5.56 Å². The molecule has 1 aromatic carbocycles. The number of ether oxygens (including phenoxy) is 1. The van der Waals surface area contributed by atoms with E-state index in [2.05, 4.69) is 20.3 Å². The molecule has 1 aliphatic rings. The van der Waals surface area contributed by atoms with Gasteiger partial charge in [-0.2, -0.15) is 4.98 Å². The Hall–Kier alpha value is -3.00. The molecule has 140 valence electrons. The van der Waals surface area contributed by atoms with Crippen LogP contribution in [0.4, 0.5) is 5.95 Å². The van der Waals surface area contributed by atoms with Gasteiger partial charge in [0.15, 0.2) is 5.65 Å². The molecule has 3 heterocycles. The number of fused-ring (bicyclic) bond motifs is 1. The van der Waals surface area contributed by atoms with Crippen molar-refractivity contribution in [2.24, 2.45) is 0 Å². The molecule has 0 spiro atoms. The Kier molecular flexibility index (Phi) is 4.49. The van der Waals surface area contributed by atoms with Crippen LogP contribution in [0.1, 0.15) is 24.0 Å². The third kappa shape index (κ3) is 3.35. The summed E-state index contributed by atoms with van der Waals surface area (Å²) in [6.45, 7) is 5.20. The monoisotopic (exact) mass is 367 g/mol. The third-order valence-electron chi connectivity index (χ3n) is 4.76. The molecule has 3 aromatic rings. The minimum atomic E-state index is -0.525. The van der Waals surface area contributed by atoms with Crippen molar-refractivity contribution < 1.29 is 4.74 Å². The van der Waals surface area contributed by atoms with Crippen LogP contribution < -0.4 is 16.6 Å². The van der Waals surface area contributed by atoms with Crippen LogP contribution >= 0.6 is 0 Å². The second-order valence-corrected chi connectivity index (χ2v) is 6.83. The van der Waals surface area contributed by atoms with Gasteiger partial charge >= 0.3 is 5.69 Å². The first-order chi connectivity index (χ1) is 13.0. The van der Waals surface area contributed by atoms with E-state index in [1.54, 1.807) is 6.07 Å². The molecule has 1 aliphatic heterocycles. The number of anilines is 1. The third-order valence-corrected chi connectivity index (χ3v) is 4.76. The Balaban J connectivity index is 1.72. The van der Waals surface area contributed by atoms with Crippen molar-refractivity contribution in [1.82, 2.24) is 19.5 Å². The predicted molar refractivity (Wildman–Crippen MR) is 103 cm³/mol. The standard InChI is InChI=1S/C19H21N5O3/c1-11-5-6-15(12(2)8-11)24-17(25)14-10-21-18(22-16(14)23-19(24)26)20-9-13-4-3-7-27-13/h5-6,8,10,13H,3-4,7,9H2,1-2H3,(H2,20,21,22,23,26)/t13-/m1/s1. The normalized spacial score (nSPS) is 16.7. The Morgan fingerprint density at radius 1 is 1.33 bits per heavy atom. The molecule has 0 radical (unpaired) electrons. The highest BCUT2D eigenvalue weighted by Gasteiger charge is 2.16. The number of benzene rings is 1. The molecule has 0 unspecified atom stereocenters. The lowest BCUT2D eigenvalue weighted by molar-refractivity contribution is 0.120. The number of H-pyrrole nitrogens is 1. The van der Waals surface area contributed by atoms with Crippen LogP contribution in [0.2, 0.25) is 0 Å². The number of rotatable bonds is 4. The Morgan fingerprint density at radius 2 is 2.19 bits per heavy atom. The summed E-state index contributed by atoms with van der Waals surface area (Å²) in [7, 11) is 0. The van der Waals surface area contributed by atoms with Crippen molar-refractivity contribution in [3.63, 3.8) is 0 Å². The summed E-state index contributed by atoms with van der Waals surface area (Å²) in [6.07, 6.45) is 3.63. The van der Waals surface area contributed by atoms with Crippen molar-refractivity contribution >= 4 is 17.0 Å². The van der Waals surface area contributed by atoms with E-state index in [0.29, 0.717) is 18.2 Å². The predicted octanol–water partition coefficient (Wildman–Crippen LogP) is 1.68.